The van der Waals surface area contributed by atoms with E-state index >= 15 is 0 Å². The Morgan fingerprint density at radius 2 is 2.12 bits per heavy atom. The number of aromatic nitrogens is 1. The molecular formula is C13H19N3S. The predicted octanol–water partition coefficient (Wildman–Crippen LogP) is 3.33. The van der Waals surface area contributed by atoms with Crippen molar-refractivity contribution in [1.82, 2.24) is 10.3 Å². The normalized spacial score (nSPS) is 19.5. The summed E-state index contributed by atoms with van der Waals surface area (Å²) in [6.45, 7) is 1.98. The maximum atomic E-state index is 9.24. The van der Waals surface area contributed by atoms with E-state index in [4.69, 9.17) is 0 Å². The molecule has 1 heterocycles. The minimum Gasteiger partial charge on any atom is -0.294 e. The van der Waals surface area contributed by atoms with Crippen LogP contribution in [-0.2, 0) is 0 Å². The van der Waals surface area contributed by atoms with Gasteiger partial charge in [0.05, 0.1) is 16.8 Å². The molecule has 1 fully saturated rings. The Morgan fingerprint density at radius 3 is 2.65 bits per heavy atom. The van der Waals surface area contributed by atoms with E-state index in [0.29, 0.717) is 6.04 Å². The van der Waals surface area contributed by atoms with Crippen LogP contribution in [0.5, 0.6) is 0 Å². The molecule has 1 aromatic rings. The van der Waals surface area contributed by atoms with E-state index in [2.05, 4.69) is 16.4 Å². The molecule has 0 spiro atoms. The number of aryl methyl sites for hydroxylation is 1. The van der Waals surface area contributed by atoms with Crippen LogP contribution in [0.25, 0.3) is 0 Å². The van der Waals surface area contributed by atoms with Gasteiger partial charge in [0.1, 0.15) is 6.04 Å². The summed E-state index contributed by atoms with van der Waals surface area (Å²) in [5.41, 5.74) is 0.888. The van der Waals surface area contributed by atoms with Crippen LogP contribution in [0, 0.1) is 18.3 Å². The molecule has 1 unspecified atom stereocenters. The van der Waals surface area contributed by atoms with Gasteiger partial charge < -0.3 is 0 Å². The summed E-state index contributed by atoms with van der Waals surface area (Å²) in [6, 6.07) is 2.59. The van der Waals surface area contributed by atoms with Crippen molar-refractivity contribution in [2.75, 3.05) is 0 Å². The third kappa shape index (κ3) is 3.52. The second-order valence-electron chi connectivity index (χ2n) is 4.71. The van der Waals surface area contributed by atoms with Gasteiger partial charge in [0, 0.05) is 11.4 Å². The average molecular weight is 249 g/mol. The van der Waals surface area contributed by atoms with Crippen LogP contribution >= 0.6 is 11.3 Å². The summed E-state index contributed by atoms with van der Waals surface area (Å²) in [6.07, 6.45) is 7.64. The van der Waals surface area contributed by atoms with Crippen molar-refractivity contribution < 1.29 is 0 Å². The van der Waals surface area contributed by atoms with Gasteiger partial charge in [0.15, 0.2) is 0 Å². The highest BCUT2D eigenvalue weighted by Crippen LogP contribution is 2.21. The molecule has 17 heavy (non-hydrogen) atoms. The van der Waals surface area contributed by atoms with Gasteiger partial charge in [0.25, 0.3) is 0 Å². The number of hydrogen-bond donors (Lipinski definition) is 1. The fourth-order valence-corrected chi connectivity index (χ4v) is 3.02. The van der Waals surface area contributed by atoms with Crippen molar-refractivity contribution >= 4 is 11.3 Å². The zero-order chi connectivity index (χ0) is 12.1. The van der Waals surface area contributed by atoms with Gasteiger partial charge in [-0.3, -0.25) is 5.32 Å². The largest absolute Gasteiger partial charge is 0.294 e. The summed E-state index contributed by atoms with van der Waals surface area (Å²) in [5.74, 6) is 0. The van der Waals surface area contributed by atoms with Gasteiger partial charge in [-0.25, -0.2) is 4.98 Å². The van der Waals surface area contributed by atoms with Gasteiger partial charge in [-0.1, -0.05) is 25.7 Å². The average Bonchev–Trinajstić information content (AvgIpc) is 2.62. The van der Waals surface area contributed by atoms with E-state index in [0.717, 1.165) is 10.7 Å². The first-order valence-electron chi connectivity index (χ1n) is 6.37. The zero-order valence-electron chi connectivity index (χ0n) is 10.3. The molecule has 4 heteroatoms. The Morgan fingerprint density at radius 1 is 1.41 bits per heavy atom. The predicted molar refractivity (Wildman–Crippen MR) is 69.8 cm³/mol. The first-order valence-corrected chi connectivity index (χ1v) is 7.25. The van der Waals surface area contributed by atoms with Crippen molar-refractivity contribution in [2.24, 2.45) is 0 Å². The van der Waals surface area contributed by atoms with Gasteiger partial charge in [-0.2, -0.15) is 5.26 Å². The lowest BCUT2D eigenvalue weighted by molar-refractivity contribution is 0.433. The number of hydrogen-bond acceptors (Lipinski definition) is 4. The summed E-state index contributed by atoms with van der Waals surface area (Å²) < 4.78 is 0. The van der Waals surface area contributed by atoms with Gasteiger partial charge >= 0.3 is 0 Å². The molecule has 0 radical (unpaired) electrons. The van der Waals surface area contributed by atoms with Crippen LogP contribution in [0.1, 0.15) is 55.3 Å². The Kier molecular flexibility index (Phi) is 4.52. The van der Waals surface area contributed by atoms with Crippen molar-refractivity contribution in [3.63, 3.8) is 0 Å². The van der Waals surface area contributed by atoms with Crippen LogP contribution in [-0.4, -0.2) is 11.0 Å². The minimum absolute atomic E-state index is 0.233. The molecule has 92 valence electrons. The Labute approximate surface area is 107 Å². The van der Waals surface area contributed by atoms with Crippen LogP contribution < -0.4 is 5.32 Å². The third-order valence-electron chi connectivity index (χ3n) is 3.32. The summed E-state index contributed by atoms with van der Waals surface area (Å²) in [4.78, 5) is 4.40. The van der Waals surface area contributed by atoms with Gasteiger partial charge in [-0.05, 0) is 19.8 Å². The zero-order valence-corrected chi connectivity index (χ0v) is 11.1. The smallest absolute Gasteiger partial charge is 0.139 e. The Balaban J connectivity index is 1.97. The van der Waals surface area contributed by atoms with E-state index in [-0.39, 0.29) is 6.04 Å². The first kappa shape index (κ1) is 12.5. The molecule has 0 bridgehead atoms. The van der Waals surface area contributed by atoms with Crippen LogP contribution in [0.15, 0.2) is 5.38 Å². The maximum Gasteiger partial charge on any atom is 0.139 e. The Bertz CT molecular complexity index is 386. The summed E-state index contributed by atoms with van der Waals surface area (Å²) >= 11 is 1.61. The number of thiazole rings is 1. The van der Waals surface area contributed by atoms with Crippen LogP contribution in [0.4, 0.5) is 0 Å². The van der Waals surface area contributed by atoms with Gasteiger partial charge in [0.2, 0.25) is 0 Å². The van der Waals surface area contributed by atoms with Crippen molar-refractivity contribution in [3.8, 4) is 6.07 Å². The second kappa shape index (κ2) is 6.13. The number of rotatable bonds is 3. The fraction of sp³-hybridized carbons (Fsp3) is 0.692. The molecular weight excluding hydrogens is 230 g/mol. The topological polar surface area (TPSA) is 48.7 Å². The molecule has 1 aliphatic carbocycles. The number of nitriles is 1. The summed E-state index contributed by atoms with van der Waals surface area (Å²) in [5, 5.41) is 15.7. The molecule has 0 amide bonds. The molecule has 0 saturated heterocycles. The van der Waals surface area contributed by atoms with E-state index in [1.807, 2.05) is 12.3 Å². The molecule has 1 N–H and O–H groups in total. The van der Waals surface area contributed by atoms with Crippen molar-refractivity contribution in [3.05, 3.63) is 16.1 Å². The highest BCUT2D eigenvalue weighted by atomic mass is 32.1. The lowest BCUT2D eigenvalue weighted by Crippen LogP contribution is -2.32. The van der Waals surface area contributed by atoms with Gasteiger partial charge in [-0.15, -0.1) is 11.3 Å². The monoisotopic (exact) mass is 249 g/mol. The molecule has 1 saturated carbocycles. The lowest BCUT2D eigenvalue weighted by atomic mass is 10.1. The maximum absolute atomic E-state index is 9.24. The standard InChI is InChI=1S/C13H19N3S/c1-10-15-13(9-17-10)12(8-14)16-11-6-4-2-3-5-7-11/h9,11-12,16H,2-7H2,1H3. The second-order valence-corrected chi connectivity index (χ2v) is 5.77. The molecule has 1 aromatic heterocycles. The number of nitrogens with one attached hydrogen (secondary N) is 1. The first-order chi connectivity index (χ1) is 8.29. The molecule has 0 aromatic carbocycles. The van der Waals surface area contributed by atoms with Crippen LogP contribution in [0.2, 0.25) is 0 Å². The fourth-order valence-electron chi connectivity index (χ4n) is 2.38. The highest BCUT2D eigenvalue weighted by Gasteiger charge is 2.19. The molecule has 3 nitrogen and oxygen atoms in total. The van der Waals surface area contributed by atoms with E-state index in [1.165, 1.54) is 38.5 Å². The lowest BCUT2D eigenvalue weighted by Gasteiger charge is -2.19. The van der Waals surface area contributed by atoms with Crippen molar-refractivity contribution in [2.45, 2.75) is 57.5 Å². The van der Waals surface area contributed by atoms with Crippen LogP contribution in [0.3, 0.4) is 0 Å². The number of nitrogens with zero attached hydrogens (tertiary/aromatic N) is 2. The van der Waals surface area contributed by atoms with Crippen molar-refractivity contribution in [1.29, 1.82) is 5.26 Å². The minimum atomic E-state index is -0.233. The van der Waals surface area contributed by atoms with E-state index in [1.54, 1.807) is 11.3 Å². The quantitative estimate of drug-likeness (QED) is 0.836. The highest BCUT2D eigenvalue weighted by molar-refractivity contribution is 7.09. The van der Waals surface area contributed by atoms with E-state index < -0.39 is 0 Å². The molecule has 1 aliphatic rings. The summed E-state index contributed by atoms with van der Waals surface area (Å²) in [7, 11) is 0. The molecule has 0 aliphatic heterocycles. The molecule has 1 atom stereocenters. The molecule has 2 rings (SSSR count). The third-order valence-corrected chi connectivity index (χ3v) is 4.11. The Hall–Kier alpha value is -0.920. The SMILES string of the molecule is Cc1nc(C(C#N)NC2CCCCCC2)cs1. The van der Waals surface area contributed by atoms with E-state index in [9.17, 15) is 5.26 Å².